The summed E-state index contributed by atoms with van der Waals surface area (Å²) in [6, 6.07) is 10.2. The van der Waals surface area contributed by atoms with E-state index in [0.717, 1.165) is 5.56 Å². The van der Waals surface area contributed by atoms with E-state index >= 15 is 0 Å². The highest BCUT2D eigenvalue weighted by Crippen LogP contribution is 2.23. The van der Waals surface area contributed by atoms with Crippen molar-refractivity contribution in [1.29, 1.82) is 0 Å². The van der Waals surface area contributed by atoms with Crippen molar-refractivity contribution in [2.45, 2.75) is 6.61 Å². The van der Waals surface area contributed by atoms with Crippen molar-refractivity contribution in [2.24, 2.45) is 5.84 Å². The normalized spacial score (nSPS) is 9.90. The number of amides is 2. The number of nitrogens with two attached hydrogens (primary N) is 1. The van der Waals surface area contributed by atoms with Crippen LogP contribution < -0.4 is 21.3 Å². The maximum atomic E-state index is 11.2. The van der Waals surface area contributed by atoms with Gasteiger partial charge in [0.15, 0.2) is 10.9 Å². The molecule has 0 bridgehead atoms. The van der Waals surface area contributed by atoms with Crippen molar-refractivity contribution in [2.75, 3.05) is 5.32 Å². The van der Waals surface area contributed by atoms with Crippen LogP contribution in [0.5, 0.6) is 5.75 Å². The van der Waals surface area contributed by atoms with Gasteiger partial charge in [0, 0.05) is 17.4 Å². The molecule has 2 aromatic rings. The number of hydrogen-bond donors (Lipinski definition) is 3. The number of rotatable bonds is 4. The highest BCUT2D eigenvalue weighted by atomic mass is 35.5. The maximum absolute atomic E-state index is 11.2. The van der Waals surface area contributed by atoms with Crippen LogP contribution in [-0.2, 0) is 6.61 Å². The van der Waals surface area contributed by atoms with Gasteiger partial charge in [-0.2, -0.15) is 0 Å². The molecular formula is C13H13ClN4O2. The summed E-state index contributed by atoms with van der Waals surface area (Å²) in [5, 5.41) is 2.90. The van der Waals surface area contributed by atoms with Gasteiger partial charge in [0.2, 0.25) is 0 Å². The summed E-state index contributed by atoms with van der Waals surface area (Å²) in [7, 11) is 0. The van der Waals surface area contributed by atoms with Gasteiger partial charge in [-0.1, -0.05) is 29.8 Å². The van der Waals surface area contributed by atoms with E-state index < -0.39 is 6.03 Å². The van der Waals surface area contributed by atoms with Crippen molar-refractivity contribution >= 4 is 23.3 Å². The first-order valence-corrected chi connectivity index (χ1v) is 6.17. The first-order valence-electron chi connectivity index (χ1n) is 5.79. The first-order chi connectivity index (χ1) is 9.70. The minimum atomic E-state index is -0.503. The summed E-state index contributed by atoms with van der Waals surface area (Å²) in [5.74, 6) is 5.51. The molecule has 1 aromatic carbocycles. The Balaban J connectivity index is 2.10. The zero-order valence-electron chi connectivity index (χ0n) is 10.5. The molecule has 20 heavy (non-hydrogen) atoms. The predicted octanol–water partition coefficient (Wildman–Crippen LogP) is 2.31. The topological polar surface area (TPSA) is 89.3 Å². The zero-order chi connectivity index (χ0) is 14.4. The molecule has 4 N–H and O–H groups in total. The monoisotopic (exact) mass is 292 g/mol. The molecule has 2 rings (SSSR count). The molecule has 2 amide bonds. The summed E-state index contributed by atoms with van der Waals surface area (Å²) >= 11 is 5.90. The Bertz CT molecular complexity index is 606. The van der Waals surface area contributed by atoms with Crippen LogP contribution in [0.1, 0.15) is 5.56 Å². The van der Waals surface area contributed by atoms with Gasteiger partial charge in [-0.25, -0.2) is 15.6 Å². The molecule has 0 aliphatic heterocycles. The Labute approximate surface area is 120 Å². The summed E-state index contributed by atoms with van der Waals surface area (Å²) in [6.45, 7) is 0.242. The molecule has 7 heteroatoms. The molecule has 1 heterocycles. The zero-order valence-corrected chi connectivity index (χ0v) is 11.2. The number of carbonyl (C=O) groups excluding carboxylic acids is 1. The second kappa shape index (κ2) is 6.74. The van der Waals surface area contributed by atoms with Crippen LogP contribution in [0.25, 0.3) is 0 Å². The Morgan fingerprint density at radius 2 is 2.10 bits per heavy atom. The summed E-state index contributed by atoms with van der Waals surface area (Å²) in [6.07, 6.45) is 1.58. The van der Waals surface area contributed by atoms with Crippen LogP contribution in [0, 0.1) is 0 Å². The third kappa shape index (κ3) is 3.59. The van der Waals surface area contributed by atoms with E-state index in [9.17, 15) is 4.79 Å². The van der Waals surface area contributed by atoms with E-state index in [1.807, 2.05) is 17.6 Å². The van der Waals surface area contributed by atoms with Crippen LogP contribution in [0.3, 0.4) is 0 Å². The van der Waals surface area contributed by atoms with E-state index in [1.165, 1.54) is 0 Å². The molecule has 0 fully saturated rings. The molecule has 0 unspecified atom stereocenters. The van der Waals surface area contributed by atoms with Gasteiger partial charge in [-0.3, -0.25) is 5.43 Å². The minimum absolute atomic E-state index is 0.242. The van der Waals surface area contributed by atoms with Gasteiger partial charge < -0.3 is 10.1 Å². The number of urea groups is 1. The number of anilines is 1. The minimum Gasteiger partial charge on any atom is -0.486 e. The fourth-order valence-electron chi connectivity index (χ4n) is 1.56. The molecule has 0 radical (unpaired) electrons. The van der Waals surface area contributed by atoms with Gasteiger partial charge in [0.05, 0.1) is 0 Å². The fourth-order valence-corrected chi connectivity index (χ4v) is 1.73. The van der Waals surface area contributed by atoms with E-state index in [0.29, 0.717) is 11.4 Å². The highest BCUT2D eigenvalue weighted by Gasteiger charge is 2.07. The number of aromatic nitrogens is 1. The van der Waals surface area contributed by atoms with Gasteiger partial charge in [0.1, 0.15) is 6.61 Å². The van der Waals surface area contributed by atoms with Crippen LogP contribution in [-0.4, -0.2) is 11.0 Å². The second-order valence-electron chi connectivity index (χ2n) is 3.84. The van der Waals surface area contributed by atoms with Gasteiger partial charge in [-0.05, 0) is 18.2 Å². The van der Waals surface area contributed by atoms with Crippen molar-refractivity contribution in [1.82, 2.24) is 10.4 Å². The number of hydrazine groups is 1. The van der Waals surface area contributed by atoms with Crippen molar-refractivity contribution < 1.29 is 9.53 Å². The molecule has 6 nitrogen and oxygen atoms in total. The first kappa shape index (κ1) is 14.1. The number of carbonyl (C=O) groups is 1. The number of ether oxygens (including phenoxy) is 1. The third-order valence-electron chi connectivity index (χ3n) is 2.50. The Kier molecular flexibility index (Phi) is 4.75. The van der Waals surface area contributed by atoms with Gasteiger partial charge in [0.25, 0.3) is 0 Å². The molecule has 0 atom stereocenters. The number of hydrogen-bond acceptors (Lipinski definition) is 4. The number of halogens is 1. The van der Waals surface area contributed by atoms with E-state index in [2.05, 4.69) is 10.3 Å². The van der Waals surface area contributed by atoms with Crippen LogP contribution in [0.2, 0.25) is 5.15 Å². The molecule has 0 aliphatic rings. The molecular weight excluding hydrogens is 280 g/mol. The third-order valence-corrected chi connectivity index (χ3v) is 2.79. The summed E-state index contributed by atoms with van der Waals surface area (Å²) in [5.41, 5.74) is 3.40. The lowest BCUT2D eigenvalue weighted by Crippen LogP contribution is -2.34. The Hall–Kier alpha value is -2.31. The lowest BCUT2D eigenvalue weighted by Gasteiger charge is -2.12. The molecule has 0 aliphatic carbocycles. The van der Waals surface area contributed by atoms with Crippen LogP contribution in [0.15, 0.2) is 42.6 Å². The maximum Gasteiger partial charge on any atom is 0.333 e. The van der Waals surface area contributed by atoms with Gasteiger partial charge >= 0.3 is 6.03 Å². The lowest BCUT2D eigenvalue weighted by molar-refractivity contribution is 0.252. The van der Waals surface area contributed by atoms with Crippen molar-refractivity contribution in [3.05, 3.63) is 53.3 Å². The smallest absolute Gasteiger partial charge is 0.333 e. The number of benzene rings is 1. The van der Waals surface area contributed by atoms with Crippen LogP contribution in [0.4, 0.5) is 10.5 Å². The Morgan fingerprint density at radius 1 is 1.30 bits per heavy atom. The number of pyridine rings is 1. The van der Waals surface area contributed by atoms with Crippen LogP contribution >= 0.6 is 11.6 Å². The number of nitrogens with zero attached hydrogens (tertiary/aromatic N) is 1. The summed E-state index contributed by atoms with van der Waals surface area (Å²) < 4.78 is 5.58. The van der Waals surface area contributed by atoms with E-state index in [-0.39, 0.29) is 11.8 Å². The second-order valence-corrected chi connectivity index (χ2v) is 4.19. The predicted molar refractivity (Wildman–Crippen MR) is 76.4 cm³/mol. The summed E-state index contributed by atoms with van der Waals surface area (Å²) in [4.78, 5) is 15.2. The molecule has 0 saturated heterocycles. The molecule has 0 spiro atoms. The SMILES string of the molecule is NNC(=O)Nc1ccccc1COc1cccnc1Cl. The molecule has 0 saturated carbocycles. The largest absolute Gasteiger partial charge is 0.486 e. The average Bonchev–Trinajstić information content (AvgIpc) is 2.47. The highest BCUT2D eigenvalue weighted by molar-refractivity contribution is 6.30. The number of para-hydroxylation sites is 1. The average molecular weight is 293 g/mol. The number of nitrogens with one attached hydrogen (secondary N) is 2. The van der Waals surface area contributed by atoms with Gasteiger partial charge in [-0.15, -0.1) is 0 Å². The van der Waals surface area contributed by atoms with E-state index in [4.69, 9.17) is 22.2 Å². The Morgan fingerprint density at radius 3 is 2.85 bits per heavy atom. The quantitative estimate of drug-likeness (QED) is 0.349. The fraction of sp³-hybridized carbons (Fsp3) is 0.0769. The molecule has 104 valence electrons. The van der Waals surface area contributed by atoms with E-state index in [1.54, 1.807) is 30.5 Å². The van der Waals surface area contributed by atoms with Crippen molar-refractivity contribution in [3.63, 3.8) is 0 Å². The molecule has 1 aromatic heterocycles. The standard InChI is InChI=1S/C13H13ClN4O2/c14-12-11(6-3-7-16-12)20-8-9-4-1-2-5-10(9)17-13(19)18-15/h1-7H,8,15H2,(H2,17,18,19). The lowest BCUT2D eigenvalue weighted by atomic mass is 10.2. The van der Waals surface area contributed by atoms with Crippen molar-refractivity contribution in [3.8, 4) is 5.75 Å².